The number of carbonyl (C=O) groups is 2. The van der Waals surface area contributed by atoms with Gasteiger partial charge in [-0.05, 0) is 49.2 Å². The number of benzene rings is 2. The van der Waals surface area contributed by atoms with Crippen LogP contribution in [0.4, 0.5) is 5.69 Å². The molecule has 0 radical (unpaired) electrons. The van der Waals surface area contributed by atoms with Gasteiger partial charge in [0.25, 0.3) is 0 Å². The molecule has 2 unspecified atom stereocenters. The summed E-state index contributed by atoms with van der Waals surface area (Å²) in [5.41, 5.74) is 1.93. The van der Waals surface area contributed by atoms with E-state index in [1.807, 2.05) is 86.3 Å². The molecule has 2 atom stereocenters. The Balaban J connectivity index is 2.23. The molecule has 0 bridgehead atoms. The van der Waals surface area contributed by atoms with Gasteiger partial charge in [0.2, 0.25) is 5.91 Å². The number of rotatable bonds is 10. The van der Waals surface area contributed by atoms with Crippen LogP contribution >= 0.6 is 12.2 Å². The summed E-state index contributed by atoms with van der Waals surface area (Å²) >= 11 is 5.67. The van der Waals surface area contributed by atoms with Crippen LogP contribution in [0.2, 0.25) is 0 Å². The van der Waals surface area contributed by atoms with Crippen molar-refractivity contribution in [2.75, 3.05) is 18.6 Å². The predicted octanol–water partition coefficient (Wildman–Crippen LogP) is 3.70. The Kier molecular flexibility index (Phi) is 10.1. The maximum atomic E-state index is 13.3. The molecule has 172 valence electrons. The van der Waals surface area contributed by atoms with E-state index < -0.39 is 18.1 Å². The number of carbonyl (C=O) groups excluding carboxylic acids is 2. The van der Waals surface area contributed by atoms with Crippen molar-refractivity contribution < 1.29 is 14.3 Å². The number of hydrogen-bond acceptors (Lipinski definition) is 4. The molecule has 2 aromatic rings. The van der Waals surface area contributed by atoms with E-state index in [1.54, 1.807) is 0 Å². The van der Waals surface area contributed by atoms with Gasteiger partial charge < -0.3 is 20.3 Å². The minimum absolute atomic E-state index is 0.217. The average Bonchev–Trinajstić information content (AvgIpc) is 2.79. The highest BCUT2D eigenvalue weighted by Crippen LogP contribution is 2.14. The number of nitrogens with one attached hydrogen (secondary N) is 2. The first-order valence-electron chi connectivity index (χ1n) is 10.9. The molecule has 0 aliphatic carbocycles. The highest BCUT2D eigenvalue weighted by molar-refractivity contribution is 7.80. The zero-order valence-electron chi connectivity index (χ0n) is 19.2. The molecule has 0 spiro atoms. The van der Waals surface area contributed by atoms with Gasteiger partial charge in [-0.1, -0.05) is 62.4 Å². The van der Waals surface area contributed by atoms with Gasteiger partial charge in [0.15, 0.2) is 5.11 Å². The van der Waals surface area contributed by atoms with Gasteiger partial charge in [-0.3, -0.25) is 4.79 Å². The highest BCUT2D eigenvalue weighted by Gasteiger charge is 2.28. The summed E-state index contributed by atoms with van der Waals surface area (Å²) in [6.07, 6.45) is 0.917. The van der Waals surface area contributed by atoms with Crippen molar-refractivity contribution in [1.29, 1.82) is 0 Å². The third-order valence-corrected chi connectivity index (χ3v) is 5.37. The molecule has 0 fully saturated rings. The number of amides is 1. The number of esters is 1. The second-order valence-electron chi connectivity index (χ2n) is 7.99. The largest absolute Gasteiger partial charge is 0.467 e. The van der Waals surface area contributed by atoms with Crippen molar-refractivity contribution in [3.8, 4) is 0 Å². The fourth-order valence-electron chi connectivity index (χ4n) is 3.44. The van der Waals surface area contributed by atoms with Crippen LogP contribution in [0, 0.1) is 5.92 Å². The summed E-state index contributed by atoms with van der Waals surface area (Å²) in [6, 6.07) is 18.1. The van der Waals surface area contributed by atoms with Crippen molar-refractivity contribution in [2.24, 2.45) is 5.92 Å². The molecule has 32 heavy (non-hydrogen) atoms. The van der Waals surface area contributed by atoms with E-state index in [9.17, 15) is 9.59 Å². The molecule has 2 N–H and O–H groups in total. The van der Waals surface area contributed by atoms with Crippen molar-refractivity contribution in [3.05, 3.63) is 66.2 Å². The number of thiocarbonyl (C=S) groups is 1. The maximum Gasteiger partial charge on any atom is 0.328 e. The van der Waals surface area contributed by atoms with Crippen LogP contribution in [0.3, 0.4) is 0 Å². The molecule has 0 aliphatic rings. The average molecular weight is 456 g/mol. The van der Waals surface area contributed by atoms with Gasteiger partial charge in [-0.2, -0.15) is 0 Å². The Morgan fingerprint density at radius 3 is 2.09 bits per heavy atom. The number of ether oxygens (including phenoxy) is 1. The lowest BCUT2D eigenvalue weighted by molar-refractivity contribution is -0.145. The Morgan fingerprint density at radius 1 is 0.969 bits per heavy atom. The molecule has 0 aromatic heterocycles. The van der Waals surface area contributed by atoms with E-state index in [2.05, 4.69) is 10.6 Å². The Morgan fingerprint density at radius 2 is 1.56 bits per heavy atom. The van der Waals surface area contributed by atoms with Gasteiger partial charge in [0.05, 0.1) is 7.11 Å². The number of hydrogen-bond donors (Lipinski definition) is 2. The third-order valence-electron chi connectivity index (χ3n) is 5.04. The zero-order chi connectivity index (χ0) is 23.5. The first kappa shape index (κ1) is 25.3. The van der Waals surface area contributed by atoms with Crippen LogP contribution in [-0.4, -0.2) is 42.7 Å². The lowest BCUT2D eigenvalue weighted by Gasteiger charge is -2.29. The number of nitrogens with zero attached hydrogens (tertiary/aromatic N) is 1. The molecular weight excluding hydrogens is 422 g/mol. The summed E-state index contributed by atoms with van der Waals surface area (Å²) in [5, 5.41) is 6.54. The van der Waals surface area contributed by atoms with Crippen molar-refractivity contribution in [1.82, 2.24) is 10.6 Å². The van der Waals surface area contributed by atoms with E-state index in [1.165, 1.54) is 7.11 Å². The van der Waals surface area contributed by atoms with Crippen molar-refractivity contribution in [2.45, 2.75) is 45.7 Å². The summed E-state index contributed by atoms with van der Waals surface area (Å²) in [4.78, 5) is 27.5. The fraction of sp³-hybridized carbons (Fsp3) is 0.400. The molecule has 7 heteroatoms. The summed E-state index contributed by atoms with van der Waals surface area (Å²) < 4.78 is 4.90. The van der Waals surface area contributed by atoms with Crippen LogP contribution in [0.1, 0.15) is 32.8 Å². The summed E-state index contributed by atoms with van der Waals surface area (Å²) in [6.45, 7) is 6.64. The summed E-state index contributed by atoms with van der Waals surface area (Å²) in [7, 11) is 1.33. The molecular formula is C25H33N3O3S. The minimum Gasteiger partial charge on any atom is -0.467 e. The Bertz CT molecular complexity index is 875. The number of anilines is 1. The van der Waals surface area contributed by atoms with E-state index in [-0.39, 0.29) is 11.8 Å². The lowest BCUT2D eigenvalue weighted by atomic mass is 10.0. The normalized spacial score (nSPS) is 12.5. The van der Waals surface area contributed by atoms with Crippen LogP contribution in [0.25, 0.3) is 0 Å². The zero-order valence-corrected chi connectivity index (χ0v) is 20.0. The highest BCUT2D eigenvalue weighted by atomic mass is 32.1. The topological polar surface area (TPSA) is 70.7 Å². The van der Waals surface area contributed by atoms with Crippen molar-refractivity contribution in [3.63, 3.8) is 0 Å². The van der Waals surface area contributed by atoms with Crippen LogP contribution < -0.4 is 15.5 Å². The van der Waals surface area contributed by atoms with Gasteiger partial charge in [0.1, 0.15) is 12.1 Å². The molecule has 0 aliphatic heterocycles. The second kappa shape index (κ2) is 12.8. The first-order valence-corrected chi connectivity index (χ1v) is 11.3. The Labute approximate surface area is 196 Å². The molecule has 0 saturated carbocycles. The van der Waals surface area contributed by atoms with E-state index in [4.69, 9.17) is 17.0 Å². The van der Waals surface area contributed by atoms with Crippen LogP contribution in [0.5, 0.6) is 0 Å². The van der Waals surface area contributed by atoms with Gasteiger partial charge in [-0.15, -0.1) is 0 Å². The minimum atomic E-state index is -0.711. The van der Waals surface area contributed by atoms with Gasteiger partial charge in [-0.25, -0.2) is 4.79 Å². The molecule has 6 nitrogen and oxygen atoms in total. The van der Waals surface area contributed by atoms with Gasteiger partial charge >= 0.3 is 5.97 Å². The molecule has 0 saturated heterocycles. The smallest absolute Gasteiger partial charge is 0.328 e. The van der Waals surface area contributed by atoms with Crippen LogP contribution in [0.15, 0.2) is 60.7 Å². The fourth-order valence-corrected chi connectivity index (χ4v) is 3.81. The molecule has 2 rings (SSSR count). The monoisotopic (exact) mass is 455 g/mol. The lowest BCUT2D eigenvalue weighted by Crippen LogP contribution is -2.55. The first-order chi connectivity index (χ1) is 15.3. The van der Waals surface area contributed by atoms with E-state index in [0.717, 1.165) is 11.3 Å². The quantitative estimate of drug-likeness (QED) is 0.421. The van der Waals surface area contributed by atoms with Crippen LogP contribution in [-0.2, 0) is 20.7 Å². The predicted molar refractivity (Wildman–Crippen MR) is 133 cm³/mol. The third kappa shape index (κ3) is 7.64. The molecule has 2 aromatic carbocycles. The SMILES string of the molecule is CCN(C(=S)NC(Cc1ccccc1)C(=O)NC(CC(C)C)C(=O)OC)c1ccccc1. The standard InChI is InChI=1S/C25H33N3O3S/c1-5-28(20-14-10-7-11-15-20)25(32)27-21(17-19-12-8-6-9-13-19)23(29)26-22(16-18(2)3)24(30)31-4/h6-15,18,21-22H,5,16-17H2,1-4H3,(H,26,29)(H,27,32). The second-order valence-corrected chi connectivity index (χ2v) is 8.37. The number of para-hydroxylation sites is 1. The summed E-state index contributed by atoms with van der Waals surface area (Å²) in [5.74, 6) is -0.529. The molecule has 0 heterocycles. The van der Waals surface area contributed by atoms with E-state index >= 15 is 0 Å². The number of methoxy groups -OCH3 is 1. The van der Waals surface area contributed by atoms with Gasteiger partial charge in [0, 0.05) is 18.7 Å². The van der Waals surface area contributed by atoms with Crippen molar-refractivity contribution >= 4 is 34.9 Å². The molecule has 1 amide bonds. The maximum absolute atomic E-state index is 13.3. The van der Waals surface area contributed by atoms with E-state index in [0.29, 0.717) is 24.5 Å². The Hall–Kier alpha value is -2.93.